The number of hydrogen-bond donors (Lipinski definition) is 1. The molecule has 0 radical (unpaired) electrons. The molecule has 1 saturated heterocycles. The van der Waals surface area contributed by atoms with Crippen molar-refractivity contribution in [2.75, 3.05) is 13.1 Å². The molecule has 1 fully saturated rings. The van der Waals surface area contributed by atoms with Crippen LogP contribution >= 0.6 is 0 Å². The Balaban J connectivity index is 1.92. The molecular weight excluding hydrogens is 177 g/mol. The van der Waals surface area contributed by atoms with Crippen LogP contribution in [-0.2, 0) is 0 Å². The summed E-state index contributed by atoms with van der Waals surface area (Å²) in [5, 5.41) is 3.25. The zero-order valence-corrected chi connectivity index (χ0v) is 7.89. The first-order valence-corrected chi connectivity index (χ1v) is 4.97. The minimum Gasteiger partial charge on any atom is -0.315 e. The van der Waals surface area contributed by atoms with Gasteiger partial charge in [-0.3, -0.25) is 0 Å². The van der Waals surface area contributed by atoms with Gasteiger partial charge in [-0.05, 0) is 18.1 Å². The summed E-state index contributed by atoms with van der Waals surface area (Å²) in [7, 11) is 0. The molecule has 2 aliphatic rings. The Labute approximate surface area is 82.6 Å². The van der Waals surface area contributed by atoms with Gasteiger partial charge in [0.05, 0.1) is 0 Å². The Hall–Kier alpha value is -1.15. The van der Waals surface area contributed by atoms with E-state index in [0.717, 1.165) is 25.1 Å². The lowest BCUT2D eigenvalue weighted by molar-refractivity contribution is 0.225. The summed E-state index contributed by atoms with van der Waals surface area (Å²) in [6, 6.07) is 7.02. The maximum absolute atomic E-state index is 13.4. The fourth-order valence-corrected chi connectivity index (χ4v) is 2.29. The smallest absolute Gasteiger partial charge is 0.130 e. The molecule has 2 heteroatoms. The van der Waals surface area contributed by atoms with Crippen molar-refractivity contribution >= 4 is 5.57 Å². The zero-order chi connectivity index (χ0) is 9.60. The first-order chi connectivity index (χ1) is 6.79. The van der Waals surface area contributed by atoms with Gasteiger partial charge in [-0.2, -0.15) is 0 Å². The first kappa shape index (κ1) is 8.18. The van der Waals surface area contributed by atoms with Crippen molar-refractivity contribution in [3.63, 3.8) is 0 Å². The molecule has 0 bridgehead atoms. The van der Waals surface area contributed by atoms with Gasteiger partial charge in [-0.25, -0.2) is 4.39 Å². The molecule has 0 unspecified atom stereocenters. The molecule has 1 aliphatic heterocycles. The summed E-state index contributed by atoms with van der Waals surface area (Å²) in [4.78, 5) is 0. The van der Waals surface area contributed by atoms with Gasteiger partial charge in [0.2, 0.25) is 0 Å². The summed E-state index contributed by atoms with van der Waals surface area (Å²) in [5.74, 6) is -0.0964. The van der Waals surface area contributed by atoms with Crippen molar-refractivity contribution < 1.29 is 4.39 Å². The molecule has 0 atom stereocenters. The lowest BCUT2D eigenvalue weighted by Gasteiger charge is -2.47. The van der Waals surface area contributed by atoms with Crippen LogP contribution in [0.25, 0.3) is 5.57 Å². The highest BCUT2D eigenvalue weighted by atomic mass is 19.1. The summed E-state index contributed by atoms with van der Waals surface area (Å²) in [6.07, 6.45) is 3.25. The second kappa shape index (κ2) is 2.67. The van der Waals surface area contributed by atoms with Crippen molar-refractivity contribution in [1.82, 2.24) is 5.32 Å². The number of halogens is 1. The maximum atomic E-state index is 13.4. The van der Waals surface area contributed by atoms with Crippen LogP contribution in [0.2, 0.25) is 0 Å². The van der Waals surface area contributed by atoms with E-state index in [2.05, 4.69) is 11.4 Å². The first-order valence-electron chi connectivity index (χ1n) is 4.97. The Bertz CT molecular complexity index is 405. The number of hydrogen-bond acceptors (Lipinski definition) is 1. The normalized spacial score (nSPS) is 22.5. The van der Waals surface area contributed by atoms with Gasteiger partial charge in [0.1, 0.15) is 5.82 Å². The highest BCUT2D eigenvalue weighted by Gasteiger charge is 2.42. The van der Waals surface area contributed by atoms with E-state index in [-0.39, 0.29) is 5.82 Å². The Morgan fingerprint density at radius 2 is 1.93 bits per heavy atom. The van der Waals surface area contributed by atoms with Crippen LogP contribution < -0.4 is 5.32 Å². The summed E-state index contributed by atoms with van der Waals surface area (Å²) >= 11 is 0. The summed E-state index contributed by atoms with van der Waals surface area (Å²) in [6.45, 7) is 2.12. The highest BCUT2D eigenvalue weighted by molar-refractivity contribution is 5.73. The largest absolute Gasteiger partial charge is 0.315 e. The van der Waals surface area contributed by atoms with Gasteiger partial charge < -0.3 is 5.32 Å². The van der Waals surface area contributed by atoms with E-state index in [4.69, 9.17) is 0 Å². The van der Waals surface area contributed by atoms with Gasteiger partial charge in [0.15, 0.2) is 0 Å². The molecule has 14 heavy (non-hydrogen) atoms. The molecule has 0 saturated carbocycles. The predicted octanol–water partition coefficient (Wildman–Crippen LogP) is 2.20. The molecule has 1 heterocycles. The van der Waals surface area contributed by atoms with Crippen molar-refractivity contribution in [3.8, 4) is 0 Å². The average Bonchev–Trinajstić information content (AvgIpc) is 2.03. The molecular formula is C12H12FN. The van der Waals surface area contributed by atoms with Gasteiger partial charge >= 0.3 is 0 Å². The predicted molar refractivity (Wildman–Crippen MR) is 54.3 cm³/mol. The summed E-state index contributed by atoms with van der Waals surface area (Å²) < 4.78 is 13.4. The molecule has 1 nitrogen and oxygen atoms in total. The van der Waals surface area contributed by atoms with E-state index in [9.17, 15) is 4.39 Å². The Kier molecular flexibility index (Phi) is 1.56. The van der Waals surface area contributed by atoms with Crippen molar-refractivity contribution in [3.05, 3.63) is 41.7 Å². The maximum Gasteiger partial charge on any atom is 0.130 e. The second-order valence-corrected chi connectivity index (χ2v) is 4.29. The fourth-order valence-electron chi connectivity index (χ4n) is 2.29. The van der Waals surface area contributed by atoms with Crippen LogP contribution in [-0.4, -0.2) is 13.1 Å². The third-order valence-corrected chi connectivity index (χ3v) is 3.20. The lowest BCUT2D eigenvalue weighted by Crippen LogP contribution is -2.55. The fraction of sp³-hybridized carbons (Fsp3) is 0.333. The van der Waals surface area contributed by atoms with Crippen molar-refractivity contribution in [2.24, 2.45) is 5.41 Å². The molecule has 3 rings (SSSR count). The van der Waals surface area contributed by atoms with Crippen molar-refractivity contribution in [2.45, 2.75) is 6.42 Å². The molecule has 1 aromatic rings. The third kappa shape index (κ3) is 1.04. The molecule has 0 amide bonds. The van der Waals surface area contributed by atoms with E-state index in [1.54, 1.807) is 6.07 Å². The van der Waals surface area contributed by atoms with E-state index >= 15 is 0 Å². The molecule has 0 aromatic heterocycles. The lowest BCUT2D eigenvalue weighted by atomic mass is 9.65. The zero-order valence-electron chi connectivity index (χ0n) is 7.89. The topological polar surface area (TPSA) is 12.0 Å². The Morgan fingerprint density at radius 3 is 2.50 bits per heavy atom. The highest BCUT2D eigenvalue weighted by Crippen LogP contribution is 2.46. The van der Waals surface area contributed by atoms with Crippen LogP contribution in [0.4, 0.5) is 4.39 Å². The van der Waals surface area contributed by atoms with E-state index in [1.165, 1.54) is 11.6 Å². The van der Waals surface area contributed by atoms with Crippen LogP contribution in [0, 0.1) is 11.2 Å². The van der Waals surface area contributed by atoms with E-state index in [0.29, 0.717) is 5.41 Å². The molecule has 72 valence electrons. The summed E-state index contributed by atoms with van der Waals surface area (Å²) in [5.41, 5.74) is 2.33. The Morgan fingerprint density at radius 1 is 1.21 bits per heavy atom. The van der Waals surface area contributed by atoms with Crippen LogP contribution in [0.5, 0.6) is 0 Å². The second-order valence-electron chi connectivity index (χ2n) is 4.29. The molecule has 1 aromatic carbocycles. The van der Waals surface area contributed by atoms with Crippen LogP contribution in [0.15, 0.2) is 30.3 Å². The van der Waals surface area contributed by atoms with E-state index < -0.39 is 0 Å². The molecule has 1 N–H and O–H groups in total. The number of nitrogens with one attached hydrogen (secondary N) is 1. The minimum atomic E-state index is -0.0964. The van der Waals surface area contributed by atoms with Gasteiger partial charge in [-0.15, -0.1) is 0 Å². The van der Waals surface area contributed by atoms with Gasteiger partial charge in [0, 0.05) is 24.1 Å². The van der Waals surface area contributed by atoms with Gasteiger partial charge in [-0.1, -0.05) is 24.3 Å². The van der Waals surface area contributed by atoms with Crippen LogP contribution in [0.3, 0.4) is 0 Å². The van der Waals surface area contributed by atoms with Crippen molar-refractivity contribution in [1.29, 1.82) is 0 Å². The standard InChI is InChI=1S/C12H12FN/c13-11-4-2-1-3-10(11)9-5-12(6-9)7-14-8-12/h1-5,14H,6-8H2. The monoisotopic (exact) mass is 189 g/mol. The van der Waals surface area contributed by atoms with Gasteiger partial charge in [0.25, 0.3) is 0 Å². The molecule has 1 spiro atoms. The SMILES string of the molecule is Fc1ccccc1C1=CC2(CNC2)C1. The quantitative estimate of drug-likeness (QED) is 0.714. The number of allylic oxidation sites excluding steroid dienone is 1. The average molecular weight is 189 g/mol. The minimum absolute atomic E-state index is 0.0964. The number of rotatable bonds is 1. The third-order valence-electron chi connectivity index (χ3n) is 3.20. The van der Waals surface area contributed by atoms with Crippen LogP contribution in [0.1, 0.15) is 12.0 Å². The van der Waals surface area contributed by atoms with E-state index in [1.807, 2.05) is 12.1 Å². The molecule has 1 aliphatic carbocycles. The number of benzene rings is 1.